The molecule has 0 saturated heterocycles. The van der Waals surface area contributed by atoms with Gasteiger partial charge in [0.15, 0.2) is 6.10 Å². The molecule has 0 radical (unpaired) electrons. The lowest BCUT2D eigenvalue weighted by Crippen LogP contribution is -2.26. The highest BCUT2D eigenvalue weighted by atomic mass is 16.5. The molecule has 1 aromatic heterocycles. The number of aryl methyl sites for hydroxylation is 1. The molecule has 162 valence electrons. The van der Waals surface area contributed by atoms with Crippen LogP contribution in [-0.4, -0.2) is 39.9 Å². The van der Waals surface area contributed by atoms with E-state index in [4.69, 9.17) is 9.47 Å². The number of nitrogens with zero attached hydrogens (tertiary/aromatic N) is 2. The van der Waals surface area contributed by atoms with Gasteiger partial charge in [0.1, 0.15) is 18.2 Å². The lowest BCUT2D eigenvalue weighted by Gasteiger charge is -2.14. The van der Waals surface area contributed by atoms with E-state index in [0.717, 1.165) is 11.1 Å². The molecule has 0 saturated carbocycles. The van der Waals surface area contributed by atoms with Crippen molar-refractivity contribution in [2.45, 2.75) is 32.9 Å². The quantitative estimate of drug-likeness (QED) is 0.539. The maximum Gasteiger partial charge on any atom is 0.333 e. The van der Waals surface area contributed by atoms with Crippen molar-refractivity contribution in [2.75, 3.05) is 13.2 Å². The van der Waals surface area contributed by atoms with E-state index in [-0.39, 0.29) is 12.0 Å². The maximum atomic E-state index is 12.5. The van der Waals surface area contributed by atoms with Gasteiger partial charge >= 0.3 is 5.97 Å². The van der Waals surface area contributed by atoms with Gasteiger partial charge in [0, 0.05) is 24.7 Å². The molecule has 31 heavy (non-hydrogen) atoms. The molecule has 1 heterocycles. The van der Waals surface area contributed by atoms with Gasteiger partial charge in [-0.05, 0) is 31.5 Å². The van der Waals surface area contributed by atoms with Gasteiger partial charge in [-0.3, -0.25) is 9.36 Å². The number of ether oxygens (including phenoxy) is 2. The summed E-state index contributed by atoms with van der Waals surface area (Å²) in [6.45, 7) is 4.60. The Balaban J connectivity index is 1.59. The van der Waals surface area contributed by atoms with Crippen LogP contribution in [0.3, 0.4) is 0 Å². The summed E-state index contributed by atoms with van der Waals surface area (Å²) < 4.78 is 12.6. The van der Waals surface area contributed by atoms with Crippen LogP contribution in [0.25, 0.3) is 11.3 Å². The summed E-state index contributed by atoms with van der Waals surface area (Å²) in [6.07, 6.45) is -0.574. The van der Waals surface area contributed by atoms with E-state index in [2.05, 4.69) is 4.98 Å². The first-order valence-electron chi connectivity index (χ1n) is 10.2. The monoisotopic (exact) mass is 422 g/mol. The summed E-state index contributed by atoms with van der Waals surface area (Å²) in [7, 11) is 0. The topological polar surface area (TPSA) is 90.7 Å². The number of carbonyl (C=O) groups is 1. The number of hydrogen-bond acceptors (Lipinski definition) is 5. The van der Waals surface area contributed by atoms with Crippen molar-refractivity contribution in [3.63, 3.8) is 0 Å². The molecule has 0 aliphatic carbocycles. The Morgan fingerprint density at radius 2 is 1.84 bits per heavy atom. The van der Waals surface area contributed by atoms with Gasteiger partial charge in [-0.15, -0.1) is 0 Å². The number of carboxylic acid groups (broad SMARTS) is 1. The second-order valence-corrected chi connectivity index (χ2v) is 7.02. The molecule has 7 heteroatoms. The van der Waals surface area contributed by atoms with E-state index in [0.29, 0.717) is 37.0 Å². The van der Waals surface area contributed by atoms with Crippen molar-refractivity contribution in [1.82, 2.24) is 9.55 Å². The molecule has 1 atom stereocenters. The van der Waals surface area contributed by atoms with Crippen LogP contribution in [0.4, 0.5) is 0 Å². The number of rotatable bonds is 10. The molecule has 0 bridgehead atoms. The molecular formula is C24H26N2O5. The molecule has 0 aliphatic heterocycles. The Morgan fingerprint density at radius 1 is 1.13 bits per heavy atom. The maximum absolute atomic E-state index is 12.5. The fourth-order valence-corrected chi connectivity index (χ4v) is 3.26. The Bertz CT molecular complexity index is 1060. The average molecular weight is 422 g/mol. The fourth-order valence-electron chi connectivity index (χ4n) is 3.26. The third-order valence-corrected chi connectivity index (χ3v) is 4.84. The first-order valence-corrected chi connectivity index (χ1v) is 10.2. The molecule has 2 aromatic carbocycles. The van der Waals surface area contributed by atoms with Crippen LogP contribution < -0.4 is 10.3 Å². The van der Waals surface area contributed by atoms with E-state index in [1.165, 1.54) is 6.07 Å². The van der Waals surface area contributed by atoms with Crippen LogP contribution in [0, 0.1) is 6.92 Å². The Labute approximate surface area is 180 Å². The minimum Gasteiger partial charge on any atom is -0.492 e. The smallest absolute Gasteiger partial charge is 0.333 e. The third kappa shape index (κ3) is 6.02. The van der Waals surface area contributed by atoms with Crippen molar-refractivity contribution in [3.8, 4) is 17.0 Å². The van der Waals surface area contributed by atoms with Gasteiger partial charge in [0.2, 0.25) is 0 Å². The first-order chi connectivity index (χ1) is 15.0. The minimum absolute atomic E-state index is 0.124. The molecule has 0 amide bonds. The number of aliphatic carboxylic acids is 1. The highest BCUT2D eigenvalue weighted by Gasteiger charge is 2.17. The van der Waals surface area contributed by atoms with Crippen LogP contribution in [0.15, 0.2) is 65.5 Å². The second kappa shape index (κ2) is 10.5. The Kier molecular flexibility index (Phi) is 7.56. The molecule has 0 aliphatic rings. The molecule has 0 spiro atoms. The van der Waals surface area contributed by atoms with E-state index >= 15 is 0 Å². The average Bonchev–Trinajstić information content (AvgIpc) is 2.76. The van der Waals surface area contributed by atoms with Crippen LogP contribution in [0.1, 0.15) is 18.3 Å². The normalized spacial score (nSPS) is 11.8. The third-order valence-electron chi connectivity index (χ3n) is 4.84. The number of hydrogen-bond donors (Lipinski definition) is 1. The minimum atomic E-state index is -0.977. The highest BCUT2D eigenvalue weighted by molar-refractivity contribution is 5.72. The van der Waals surface area contributed by atoms with Crippen LogP contribution in [0.5, 0.6) is 5.75 Å². The lowest BCUT2D eigenvalue weighted by atomic mass is 10.1. The van der Waals surface area contributed by atoms with Gasteiger partial charge in [-0.1, -0.05) is 42.5 Å². The SMILES string of the molecule is CCOC(Cc1ccc(OCCn2c(C)nc(-c3ccccc3)cc2=O)cc1)C(=O)O. The van der Waals surface area contributed by atoms with Crippen molar-refractivity contribution in [3.05, 3.63) is 82.4 Å². The zero-order valence-corrected chi connectivity index (χ0v) is 17.7. The van der Waals surface area contributed by atoms with Crippen molar-refractivity contribution >= 4 is 5.97 Å². The standard InChI is InChI=1S/C24H26N2O5/c1-3-30-22(24(28)29)15-18-9-11-20(12-10-18)31-14-13-26-17(2)25-21(16-23(26)27)19-7-5-4-6-8-19/h4-12,16,22H,3,13-15H2,1-2H3,(H,28,29). The van der Waals surface area contributed by atoms with Crippen molar-refractivity contribution in [2.24, 2.45) is 0 Å². The van der Waals surface area contributed by atoms with Gasteiger partial charge in [0.25, 0.3) is 5.56 Å². The Morgan fingerprint density at radius 3 is 2.45 bits per heavy atom. The lowest BCUT2D eigenvalue weighted by molar-refractivity contribution is -0.149. The Hall–Kier alpha value is -3.45. The predicted molar refractivity (Wildman–Crippen MR) is 117 cm³/mol. The predicted octanol–water partition coefficient (Wildman–Crippen LogP) is 3.33. The molecule has 0 fully saturated rings. The summed E-state index contributed by atoms with van der Waals surface area (Å²) in [5, 5.41) is 9.19. The highest BCUT2D eigenvalue weighted by Crippen LogP contribution is 2.16. The molecule has 3 rings (SSSR count). The first kappa shape index (κ1) is 22.2. The molecule has 3 aromatic rings. The molecule has 1 N–H and O–H groups in total. The van der Waals surface area contributed by atoms with Crippen LogP contribution in [0.2, 0.25) is 0 Å². The van der Waals surface area contributed by atoms with Crippen molar-refractivity contribution < 1.29 is 19.4 Å². The van der Waals surface area contributed by atoms with Crippen molar-refractivity contribution in [1.29, 1.82) is 0 Å². The van der Waals surface area contributed by atoms with E-state index in [1.54, 1.807) is 30.5 Å². The van der Waals surface area contributed by atoms with Gasteiger partial charge in [-0.2, -0.15) is 0 Å². The summed E-state index contributed by atoms with van der Waals surface area (Å²) in [6, 6.07) is 18.3. The summed E-state index contributed by atoms with van der Waals surface area (Å²) in [5.74, 6) is 0.294. The summed E-state index contributed by atoms with van der Waals surface area (Å²) in [5.41, 5.74) is 2.28. The molecule has 7 nitrogen and oxygen atoms in total. The summed E-state index contributed by atoms with van der Waals surface area (Å²) in [4.78, 5) is 28.3. The zero-order valence-electron chi connectivity index (χ0n) is 17.7. The van der Waals surface area contributed by atoms with Gasteiger partial charge < -0.3 is 14.6 Å². The number of carboxylic acids is 1. The van der Waals surface area contributed by atoms with E-state index in [9.17, 15) is 14.7 Å². The van der Waals surface area contributed by atoms with Crippen LogP contribution in [-0.2, 0) is 22.5 Å². The molecular weight excluding hydrogens is 396 g/mol. The largest absolute Gasteiger partial charge is 0.492 e. The zero-order chi connectivity index (χ0) is 22.2. The second-order valence-electron chi connectivity index (χ2n) is 7.02. The number of benzene rings is 2. The fraction of sp³-hybridized carbons (Fsp3) is 0.292. The summed E-state index contributed by atoms with van der Waals surface area (Å²) >= 11 is 0. The van der Waals surface area contributed by atoms with Gasteiger partial charge in [0.05, 0.1) is 12.2 Å². The van der Waals surface area contributed by atoms with Gasteiger partial charge in [-0.25, -0.2) is 9.78 Å². The van der Waals surface area contributed by atoms with E-state index in [1.807, 2.05) is 42.5 Å². The number of aromatic nitrogens is 2. The molecule has 1 unspecified atom stereocenters. The van der Waals surface area contributed by atoms with Crippen LogP contribution >= 0.6 is 0 Å². The van der Waals surface area contributed by atoms with E-state index < -0.39 is 12.1 Å².